The maximum absolute atomic E-state index is 5.89. The molecule has 1 aliphatic heterocycles. The van der Waals surface area contributed by atoms with Gasteiger partial charge in [0.2, 0.25) is 0 Å². The SMILES string of the molecule is CCOC1(C)NCN(CC)c2ccc(Br)cc21. The number of nitrogens with zero attached hydrogens (tertiary/aromatic N) is 1. The number of benzene rings is 1. The third-order valence-corrected chi connectivity index (χ3v) is 3.73. The van der Waals surface area contributed by atoms with Gasteiger partial charge in [-0.05, 0) is 39.0 Å². The van der Waals surface area contributed by atoms with E-state index in [1.54, 1.807) is 0 Å². The van der Waals surface area contributed by atoms with Crippen molar-refractivity contribution in [3.63, 3.8) is 0 Å². The van der Waals surface area contributed by atoms with E-state index in [4.69, 9.17) is 4.74 Å². The molecule has 1 aromatic rings. The number of nitrogens with one attached hydrogen (secondary N) is 1. The normalized spacial score (nSPS) is 23.6. The van der Waals surface area contributed by atoms with Crippen LogP contribution in [-0.2, 0) is 10.5 Å². The van der Waals surface area contributed by atoms with Gasteiger partial charge >= 0.3 is 0 Å². The minimum atomic E-state index is -0.389. The Labute approximate surface area is 111 Å². The van der Waals surface area contributed by atoms with Crippen LogP contribution in [0.3, 0.4) is 0 Å². The summed E-state index contributed by atoms with van der Waals surface area (Å²) in [6, 6.07) is 6.38. The molecule has 0 aromatic heterocycles. The van der Waals surface area contributed by atoms with Crippen molar-refractivity contribution in [1.29, 1.82) is 0 Å². The summed E-state index contributed by atoms with van der Waals surface area (Å²) in [5, 5.41) is 3.46. The molecule has 1 heterocycles. The standard InChI is InChI=1S/C13H19BrN2O/c1-4-16-9-15-13(3,17-5-2)11-8-10(14)6-7-12(11)16/h6-8,15H,4-5,9H2,1-3H3. The molecule has 3 nitrogen and oxygen atoms in total. The molecule has 2 rings (SSSR count). The van der Waals surface area contributed by atoms with Gasteiger partial charge in [-0.2, -0.15) is 0 Å². The number of ether oxygens (including phenoxy) is 1. The molecular formula is C13H19BrN2O. The first-order valence-corrected chi connectivity index (χ1v) is 6.84. The molecule has 1 unspecified atom stereocenters. The van der Waals surface area contributed by atoms with Crippen molar-refractivity contribution < 1.29 is 4.74 Å². The third-order valence-electron chi connectivity index (χ3n) is 3.24. The van der Waals surface area contributed by atoms with Crippen LogP contribution in [0.1, 0.15) is 26.3 Å². The van der Waals surface area contributed by atoms with Gasteiger partial charge in [0.25, 0.3) is 0 Å². The number of rotatable bonds is 3. The molecule has 1 N–H and O–H groups in total. The topological polar surface area (TPSA) is 24.5 Å². The van der Waals surface area contributed by atoms with E-state index >= 15 is 0 Å². The fourth-order valence-corrected chi connectivity index (χ4v) is 2.65. The lowest BCUT2D eigenvalue weighted by Crippen LogP contribution is -2.52. The van der Waals surface area contributed by atoms with Crippen LogP contribution in [0.4, 0.5) is 5.69 Å². The summed E-state index contributed by atoms with van der Waals surface area (Å²) in [6.45, 7) is 8.79. The predicted octanol–water partition coefficient (Wildman–Crippen LogP) is 3.05. The first kappa shape index (κ1) is 12.9. The molecule has 0 fully saturated rings. The molecule has 1 atom stereocenters. The Hall–Kier alpha value is -0.580. The van der Waals surface area contributed by atoms with Gasteiger partial charge in [0.15, 0.2) is 0 Å². The van der Waals surface area contributed by atoms with Crippen LogP contribution in [0.2, 0.25) is 0 Å². The second-order valence-electron chi connectivity index (χ2n) is 4.32. The Balaban J connectivity index is 2.48. The average molecular weight is 299 g/mol. The van der Waals surface area contributed by atoms with Crippen molar-refractivity contribution >= 4 is 21.6 Å². The summed E-state index contributed by atoms with van der Waals surface area (Å²) < 4.78 is 6.97. The zero-order chi connectivity index (χ0) is 12.5. The highest BCUT2D eigenvalue weighted by Crippen LogP contribution is 2.36. The van der Waals surface area contributed by atoms with E-state index in [1.165, 1.54) is 11.3 Å². The summed E-state index contributed by atoms with van der Waals surface area (Å²) in [5.41, 5.74) is 2.06. The van der Waals surface area contributed by atoms with E-state index in [-0.39, 0.29) is 5.72 Å². The summed E-state index contributed by atoms with van der Waals surface area (Å²) in [4.78, 5) is 2.31. The van der Waals surface area contributed by atoms with Gasteiger partial charge in [-0.15, -0.1) is 0 Å². The molecule has 94 valence electrons. The molecule has 0 saturated carbocycles. The number of hydrogen-bond donors (Lipinski definition) is 1. The van der Waals surface area contributed by atoms with Gasteiger partial charge in [-0.25, -0.2) is 0 Å². The van der Waals surface area contributed by atoms with E-state index in [0.717, 1.165) is 17.7 Å². The van der Waals surface area contributed by atoms with Crippen LogP contribution >= 0.6 is 15.9 Å². The van der Waals surface area contributed by atoms with E-state index < -0.39 is 0 Å². The second kappa shape index (κ2) is 4.96. The number of halogens is 1. The van der Waals surface area contributed by atoms with Crippen molar-refractivity contribution in [3.05, 3.63) is 28.2 Å². The molecule has 0 aliphatic carbocycles. The van der Waals surface area contributed by atoms with Crippen LogP contribution in [0.5, 0.6) is 0 Å². The smallest absolute Gasteiger partial charge is 0.145 e. The minimum absolute atomic E-state index is 0.389. The monoisotopic (exact) mass is 298 g/mol. The van der Waals surface area contributed by atoms with Crippen molar-refractivity contribution in [2.45, 2.75) is 26.5 Å². The van der Waals surface area contributed by atoms with Gasteiger partial charge in [-0.3, -0.25) is 5.32 Å². The maximum Gasteiger partial charge on any atom is 0.145 e. The summed E-state index contributed by atoms with van der Waals surface area (Å²) in [7, 11) is 0. The molecule has 1 aliphatic rings. The summed E-state index contributed by atoms with van der Waals surface area (Å²) in [5.74, 6) is 0. The average Bonchev–Trinajstić information content (AvgIpc) is 2.31. The Kier molecular flexibility index (Phi) is 3.76. The number of hydrogen-bond acceptors (Lipinski definition) is 3. The molecule has 4 heteroatoms. The highest BCUT2D eigenvalue weighted by atomic mass is 79.9. The maximum atomic E-state index is 5.89. The summed E-state index contributed by atoms with van der Waals surface area (Å²) >= 11 is 3.53. The Morgan fingerprint density at radius 1 is 1.47 bits per heavy atom. The van der Waals surface area contributed by atoms with Crippen molar-refractivity contribution in [2.75, 3.05) is 24.7 Å². The fourth-order valence-electron chi connectivity index (χ4n) is 2.29. The molecule has 0 saturated heterocycles. The summed E-state index contributed by atoms with van der Waals surface area (Å²) in [6.07, 6.45) is 0. The van der Waals surface area contributed by atoms with Crippen molar-refractivity contribution in [2.24, 2.45) is 0 Å². The highest BCUT2D eigenvalue weighted by molar-refractivity contribution is 9.10. The first-order valence-electron chi connectivity index (χ1n) is 6.04. The lowest BCUT2D eigenvalue weighted by Gasteiger charge is -2.42. The largest absolute Gasteiger partial charge is 0.359 e. The predicted molar refractivity (Wildman–Crippen MR) is 74.1 cm³/mol. The molecule has 0 spiro atoms. The van der Waals surface area contributed by atoms with Crippen LogP contribution in [-0.4, -0.2) is 19.8 Å². The van der Waals surface area contributed by atoms with E-state index in [1.807, 2.05) is 6.92 Å². The van der Waals surface area contributed by atoms with Gasteiger partial charge in [0.1, 0.15) is 5.72 Å². The first-order chi connectivity index (χ1) is 8.10. The van der Waals surface area contributed by atoms with Crippen LogP contribution in [0.15, 0.2) is 22.7 Å². The molecule has 1 aromatic carbocycles. The van der Waals surface area contributed by atoms with Crippen molar-refractivity contribution in [3.8, 4) is 0 Å². The fraction of sp³-hybridized carbons (Fsp3) is 0.538. The molecular weight excluding hydrogens is 280 g/mol. The Bertz CT molecular complexity index is 410. The molecule has 17 heavy (non-hydrogen) atoms. The van der Waals surface area contributed by atoms with Crippen LogP contribution in [0.25, 0.3) is 0 Å². The van der Waals surface area contributed by atoms with Gasteiger partial charge in [0, 0.05) is 28.9 Å². The van der Waals surface area contributed by atoms with E-state index in [9.17, 15) is 0 Å². The molecule has 0 amide bonds. The third kappa shape index (κ3) is 2.34. The lowest BCUT2D eigenvalue weighted by atomic mass is 9.99. The van der Waals surface area contributed by atoms with Crippen LogP contribution in [0, 0.1) is 0 Å². The second-order valence-corrected chi connectivity index (χ2v) is 5.23. The highest BCUT2D eigenvalue weighted by Gasteiger charge is 2.34. The van der Waals surface area contributed by atoms with E-state index in [0.29, 0.717) is 6.61 Å². The lowest BCUT2D eigenvalue weighted by molar-refractivity contribution is -0.0595. The zero-order valence-electron chi connectivity index (χ0n) is 10.6. The molecule has 0 radical (unpaired) electrons. The van der Waals surface area contributed by atoms with Gasteiger partial charge in [-0.1, -0.05) is 15.9 Å². The Morgan fingerprint density at radius 2 is 2.24 bits per heavy atom. The number of fused-ring (bicyclic) bond motifs is 1. The van der Waals surface area contributed by atoms with E-state index in [2.05, 4.69) is 58.2 Å². The van der Waals surface area contributed by atoms with Crippen molar-refractivity contribution in [1.82, 2.24) is 5.32 Å². The Morgan fingerprint density at radius 3 is 2.88 bits per heavy atom. The van der Waals surface area contributed by atoms with Crippen LogP contribution < -0.4 is 10.2 Å². The quantitative estimate of drug-likeness (QED) is 0.928. The minimum Gasteiger partial charge on any atom is -0.359 e. The molecule has 0 bridgehead atoms. The number of anilines is 1. The zero-order valence-corrected chi connectivity index (χ0v) is 12.2. The van der Waals surface area contributed by atoms with Gasteiger partial charge in [0.05, 0.1) is 6.67 Å². The van der Waals surface area contributed by atoms with Gasteiger partial charge < -0.3 is 9.64 Å².